The van der Waals surface area contributed by atoms with Crippen LogP contribution in [0.4, 0.5) is 11.5 Å². The zero-order valence-electron chi connectivity index (χ0n) is 14.9. The van der Waals surface area contributed by atoms with Crippen LogP contribution in [-0.4, -0.2) is 34.5 Å². The van der Waals surface area contributed by atoms with Gasteiger partial charge in [0.05, 0.1) is 11.3 Å². The summed E-state index contributed by atoms with van der Waals surface area (Å²) in [4.78, 5) is 4.67. The molecule has 1 atom stereocenters. The van der Waals surface area contributed by atoms with Crippen LogP contribution in [0.3, 0.4) is 0 Å². The Morgan fingerprint density at radius 3 is 2.54 bits per heavy atom. The predicted molar refractivity (Wildman–Crippen MR) is 95.7 cm³/mol. The van der Waals surface area contributed by atoms with Crippen molar-refractivity contribution in [1.29, 1.82) is 0 Å². The number of hydrogen-bond donors (Lipinski definition) is 1. The van der Waals surface area contributed by atoms with Gasteiger partial charge in [0.15, 0.2) is 0 Å². The van der Waals surface area contributed by atoms with E-state index in [0.717, 1.165) is 24.5 Å². The minimum Gasteiger partial charge on any atom is -0.420 e. The van der Waals surface area contributed by atoms with Crippen molar-refractivity contribution in [2.75, 3.05) is 18.8 Å². The van der Waals surface area contributed by atoms with Crippen LogP contribution in [0.1, 0.15) is 52.0 Å². The van der Waals surface area contributed by atoms with Gasteiger partial charge in [-0.05, 0) is 6.92 Å². The van der Waals surface area contributed by atoms with Crippen LogP contribution < -0.4 is 10.3 Å². The molecular weight excluding hydrogens is 304 g/mol. The summed E-state index contributed by atoms with van der Waals surface area (Å²) >= 11 is 0. The van der Waals surface area contributed by atoms with E-state index in [9.17, 15) is 0 Å². The molecule has 1 unspecified atom stereocenters. The highest BCUT2D eigenvalue weighted by molar-refractivity contribution is 5.99. The molecule has 3 heterocycles. The standard InChI is InChI=1S/C17H25N6O/c1-6-23(9-10(2)3)15-12(8-20-23)14(18)13(7-19-15)17-22-21-16(24-17)11(4)5/h7-8,10-11H,6,9H2,1-5H3,(H2,18,19)/q+1. The molecule has 0 fully saturated rings. The van der Waals surface area contributed by atoms with Gasteiger partial charge in [-0.15, -0.1) is 14.8 Å². The van der Waals surface area contributed by atoms with Gasteiger partial charge in [0.25, 0.3) is 11.7 Å². The Balaban J connectivity index is 2.05. The first-order valence-corrected chi connectivity index (χ1v) is 8.43. The lowest BCUT2D eigenvalue weighted by atomic mass is 10.1. The molecule has 0 aliphatic carbocycles. The maximum atomic E-state index is 6.39. The van der Waals surface area contributed by atoms with Crippen molar-refractivity contribution in [2.24, 2.45) is 11.0 Å². The van der Waals surface area contributed by atoms with Crippen LogP contribution in [0.2, 0.25) is 0 Å². The van der Waals surface area contributed by atoms with Gasteiger partial charge >= 0.3 is 0 Å². The van der Waals surface area contributed by atoms with Crippen molar-refractivity contribution in [3.63, 3.8) is 0 Å². The Morgan fingerprint density at radius 1 is 1.21 bits per heavy atom. The van der Waals surface area contributed by atoms with Crippen molar-refractivity contribution < 1.29 is 4.42 Å². The average Bonchev–Trinajstić information content (AvgIpc) is 3.14. The fraction of sp³-hybridized carbons (Fsp3) is 0.529. The first kappa shape index (κ1) is 16.6. The number of nitrogens with two attached hydrogens (primary N) is 1. The summed E-state index contributed by atoms with van der Waals surface area (Å²) in [6.07, 6.45) is 3.55. The van der Waals surface area contributed by atoms with E-state index < -0.39 is 0 Å². The molecule has 1 aliphatic heterocycles. The summed E-state index contributed by atoms with van der Waals surface area (Å²) < 4.78 is 6.21. The second-order valence-electron chi connectivity index (χ2n) is 6.98. The highest BCUT2D eigenvalue weighted by atomic mass is 16.4. The summed E-state index contributed by atoms with van der Waals surface area (Å²) in [5.41, 5.74) is 8.51. The number of anilines is 1. The fourth-order valence-corrected chi connectivity index (χ4v) is 3.06. The molecule has 24 heavy (non-hydrogen) atoms. The SMILES string of the molecule is CC[N+]1(CC(C)C)N=Cc2c1ncc(-c1nnc(C(C)C)o1)c2N. The second kappa shape index (κ2) is 5.98. The van der Waals surface area contributed by atoms with E-state index >= 15 is 0 Å². The summed E-state index contributed by atoms with van der Waals surface area (Å²) in [6.45, 7) is 12.2. The van der Waals surface area contributed by atoms with Gasteiger partial charge < -0.3 is 10.2 Å². The summed E-state index contributed by atoms with van der Waals surface area (Å²) in [5.74, 6) is 2.57. The molecule has 0 aromatic carbocycles. The Kier molecular flexibility index (Phi) is 4.13. The lowest BCUT2D eigenvalue weighted by molar-refractivity contribution is 0.267. The number of rotatable bonds is 5. The van der Waals surface area contributed by atoms with Crippen LogP contribution in [0.5, 0.6) is 0 Å². The number of pyridine rings is 1. The number of nitrogen functional groups attached to an aromatic ring is 1. The largest absolute Gasteiger partial charge is 0.420 e. The molecule has 128 valence electrons. The molecule has 0 radical (unpaired) electrons. The van der Waals surface area contributed by atoms with E-state index in [1.807, 2.05) is 20.1 Å². The van der Waals surface area contributed by atoms with Crippen molar-refractivity contribution in [3.8, 4) is 11.5 Å². The van der Waals surface area contributed by atoms with Gasteiger partial charge in [-0.3, -0.25) is 0 Å². The zero-order chi connectivity index (χ0) is 17.5. The molecule has 7 heteroatoms. The lowest BCUT2D eigenvalue weighted by Crippen LogP contribution is -2.45. The molecule has 0 spiro atoms. The Hall–Kier alpha value is -2.28. The van der Waals surface area contributed by atoms with E-state index in [0.29, 0.717) is 33.5 Å². The van der Waals surface area contributed by atoms with Crippen molar-refractivity contribution >= 4 is 17.7 Å². The van der Waals surface area contributed by atoms with Gasteiger partial charge in [-0.1, -0.05) is 32.8 Å². The third-order valence-corrected chi connectivity index (χ3v) is 4.29. The van der Waals surface area contributed by atoms with E-state index in [4.69, 9.17) is 15.3 Å². The highest BCUT2D eigenvalue weighted by Crippen LogP contribution is 2.38. The number of nitrogens with zero attached hydrogens (tertiary/aromatic N) is 5. The molecule has 3 rings (SSSR count). The number of quaternary nitrogens is 1. The van der Waals surface area contributed by atoms with Crippen molar-refractivity contribution in [2.45, 2.75) is 40.5 Å². The van der Waals surface area contributed by atoms with Gasteiger partial charge in [-0.25, -0.2) is 4.98 Å². The highest BCUT2D eigenvalue weighted by Gasteiger charge is 2.40. The summed E-state index contributed by atoms with van der Waals surface area (Å²) in [7, 11) is 0. The van der Waals surface area contributed by atoms with Gasteiger partial charge in [0, 0.05) is 18.0 Å². The lowest BCUT2D eigenvalue weighted by Gasteiger charge is -2.28. The van der Waals surface area contributed by atoms with E-state index in [-0.39, 0.29) is 5.92 Å². The quantitative estimate of drug-likeness (QED) is 0.851. The normalized spacial score (nSPS) is 19.5. The Morgan fingerprint density at radius 2 is 1.96 bits per heavy atom. The maximum Gasteiger partial charge on any atom is 0.265 e. The Labute approximate surface area is 142 Å². The third kappa shape index (κ3) is 2.58. The van der Waals surface area contributed by atoms with Gasteiger partial charge in [0.1, 0.15) is 24.9 Å². The average molecular weight is 329 g/mol. The number of fused-ring (bicyclic) bond motifs is 1. The van der Waals surface area contributed by atoms with E-state index in [2.05, 4.69) is 36.0 Å². The molecule has 7 nitrogen and oxygen atoms in total. The maximum absolute atomic E-state index is 6.39. The monoisotopic (exact) mass is 329 g/mol. The Bertz CT molecular complexity index is 779. The fourth-order valence-electron chi connectivity index (χ4n) is 3.06. The minimum absolute atomic E-state index is 0.173. The molecule has 0 saturated heterocycles. The smallest absolute Gasteiger partial charge is 0.265 e. The summed E-state index contributed by atoms with van der Waals surface area (Å²) in [5, 5.41) is 12.9. The van der Waals surface area contributed by atoms with Gasteiger partial charge in [0.2, 0.25) is 5.89 Å². The molecule has 1 aliphatic rings. The topological polar surface area (TPSA) is 90.2 Å². The second-order valence-corrected chi connectivity index (χ2v) is 6.98. The third-order valence-electron chi connectivity index (χ3n) is 4.29. The van der Waals surface area contributed by atoms with Gasteiger partial charge in [-0.2, -0.15) is 0 Å². The zero-order valence-corrected chi connectivity index (χ0v) is 14.9. The molecule has 0 saturated carbocycles. The molecule has 0 amide bonds. The van der Waals surface area contributed by atoms with Crippen molar-refractivity contribution in [1.82, 2.24) is 19.8 Å². The number of hydrogen-bond acceptors (Lipinski definition) is 6. The molecule has 2 aromatic rings. The van der Waals surface area contributed by atoms with E-state index in [1.54, 1.807) is 6.20 Å². The molecule has 2 N–H and O–H groups in total. The van der Waals surface area contributed by atoms with Crippen LogP contribution in [0.25, 0.3) is 11.5 Å². The van der Waals surface area contributed by atoms with E-state index in [1.165, 1.54) is 0 Å². The van der Waals surface area contributed by atoms with Crippen LogP contribution >= 0.6 is 0 Å². The van der Waals surface area contributed by atoms with Crippen LogP contribution in [0, 0.1) is 5.92 Å². The predicted octanol–water partition coefficient (Wildman–Crippen LogP) is 3.17. The summed E-state index contributed by atoms with van der Waals surface area (Å²) in [6, 6.07) is 0. The first-order chi connectivity index (χ1) is 11.4. The van der Waals surface area contributed by atoms with Crippen LogP contribution in [0.15, 0.2) is 15.7 Å². The number of aromatic nitrogens is 3. The minimum atomic E-state index is 0.173. The van der Waals surface area contributed by atoms with Crippen molar-refractivity contribution in [3.05, 3.63) is 17.7 Å². The molecular formula is C17H25N6O+. The first-order valence-electron chi connectivity index (χ1n) is 8.43. The molecule has 2 aromatic heterocycles. The molecule has 0 bridgehead atoms. The van der Waals surface area contributed by atoms with Crippen LogP contribution in [-0.2, 0) is 0 Å².